The molecule has 0 bridgehead atoms. The van der Waals surface area contributed by atoms with Crippen LogP contribution in [0.3, 0.4) is 0 Å². The molecule has 2 N–H and O–H groups in total. The van der Waals surface area contributed by atoms with E-state index in [1.807, 2.05) is 0 Å². The van der Waals surface area contributed by atoms with Gasteiger partial charge in [0, 0.05) is 37.8 Å². The van der Waals surface area contributed by atoms with Crippen LogP contribution in [-0.4, -0.2) is 67.8 Å². The molecule has 2 unspecified atom stereocenters. The lowest BCUT2D eigenvalue weighted by molar-refractivity contribution is 0.0163. The number of nitrogens with zero attached hydrogens (tertiary/aromatic N) is 2. The van der Waals surface area contributed by atoms with Gasteiger partial charge in [0.15, 0.2) is 0 Å². The van der Waals surface area contributed by atoms with E-state index in [0.29, 0.717) is 12.0 Å². The molecule has 4 nitrogen and oxygen atoms in total. The minimum Gasteiger partial charge on any atom is -0.381 e. The lowest BCUT2D eigenvalue weighted by Gasteiger charge is -2.43. The summed E-state index contributed by atoms with van der Waals surface area (Å²) in [7, 11) is 2.28. The van der Waals surface area contributed by atoms with Gasteiger partial charge in [-0.1, -0.05) is 0 Å². The molecule has 0 radical (unpaired) electrons. The minimum atomic E-state index is 0.196. The van der Waals surface area contributed by atoms with Crippen molar-refractivity contribution in [3.8, 4) is 0 Å². The zero-order valence-corrected chi connectivity index (χ0v) is 14.3. The van der Waals surface area contributed by atoms with Gasteiger partial charge in [0.05, 0.1) is 6.61 Å². The van der Waals surface area contributed by atoms with Crippen molar-refractivity contribution in [2.75, 3.05) is 46.4 Å². The topological polar surface area (TPSA) is 41.7 Å². The zero-order chi connectivity index (χ0) is 15.3. The summed E-state index contributed by atoms with van der Waals surface area (Å²) in [5.41, 5.74) is 6.44. The molecule has 0 aromatic rings. The Kier molecular flexibility index (Phi) is 6.48. The third-order valence-corrected chi connectivity index (χ3v) is 5.66. The largest absolute Gasteiger partial charge is 0.381 e. The lowest BCUT2D eigenvalue weighted by Crippen LogP contribution is -2.54. The van der Waals surface area contributed by atoms with Crippen LogP contribution >= 0.6 is 0 Å². The molecule has 0 saturated carbocycles. The maximum absolute atomic E-state index is 6.24. The molecule has 0 amide bonds. The number of likely N-dealkylation sites (N-methyl/N-ethyl adjacent to an activating group) is 1. The fraction of sp³-hybridized carbons (Fsp3) is 1.00. The second-order valence-electron chi connectivity index (χ2n) is 7.38. The monoisotopic (exact) mass is 297 g/mol. The summed E-state index contributed by atoms with van der Waals surface area (Å²) in [6.45, 7) is 10.8. The number of likely N-dealkylation sites (tertiary alicyclic amines) is 1. The van der Waals surface area contributed by atoms with E-state index in [9.17, 15) is 0 Å². The van der Waals surface area contributed by atoms with E-state index in [-0.39, 0.29) is 5.54 Å². The fourth-order valence-electron chi connectivity index (χ4n) is 3.99. The van der Waals surface area contributed by atoms with E-state index < -0.39 is 0 Å². The van der Waals surface area contributed by atoms with Crippen molar-refractivity contribution in [3.63, 3.8) is 0 Å². The molecule has 0 aromatic carbocycles. The van der Waals surface area contributed by atoms with Crippen LogP contribution in [0.1, 0.15) is 46.0 Å². The molecule has 0 aliphatic carbocycles. The normalized spacial score (nSPS) is 32.6. The quantitative estimate of drug-likeness (QED) is 0.842. The predicted octanol–water partition coefficient (Wildman–Crippen LogP) is 1.94. The van der Waals surface area contributed by atoms with Crippen molar-refractivity contribution in [1.29, 1.82) is 0 Å². The van der Waals surface area contributed by atoms with E-state index in [2.05, 4.69) is 30.7 Å². The standard InChI is InChI=1S/C17H35N3O/c1-15(2)20-9-5-7-17(14-18,8-10-20)19(3)12-16-6-4-11-21-13-16/h15-16H,4-14,18H2,1-3H3. The molecular formula is C17H35N3O. The van der Waals surface area contributed by atoms with Crippen LogP contribution in [0, 0.1) is 5.92 Å². The maximum atomic E-state index is 6.24. The highest BCUT2D eigenvalue weighted by Crippen LogP contribution is 2.29. The number of rotatable bonds is 5. The van der Waals surface area contributed by atoms with Gasteiger partial charge in [0.2, 0.25) is 0 Å². The van der Waals surface area contributed by atoms with Crippen LogP contribution in [0.15, 0.2) is 0 Å². The highest BCUT2D eigenvalue weighted by Gasteiger charge is 2.36. The van der Waals surface area contributed by atoms with Crippen molar-refractivity contribution < 1.29 is 4.74 Å². The van der Waals surface area contributed by atoms with Crippen LogP contribution < -0.4 is 5.73 Å². The average molecular weight is 297 g/mol. The van der Waals surface area contributed by atoms with Gasteiger partial charge in [-0.15, -0.1) is 0 Å². The molecule has 2 fully saturated rings. The van der Waals surface area contributed by atoms with E-state index >= 15 is 0 Å². The van der Waals surface area contributed by atoms with Crippen molar-refractivity contribution >= 4 is 0 Å². The predicted molar refractivity (Wildman–Crippen MR) is 88.5 cm³/mol. The Balaban J connectivity index is 1.95. The Labute approximate surface area is 131 Å². The van der Waals surface area contributed by atoms with Crippen LogP contribution in [0.2, 0.25) is 0 Å². The summed E-state index contributed by atoms with van der Waals surface area (Å²) in [5, 5.41) is 0. The van der Waals surface area contributed by atoms with Crippen molar-refractivity contribution in [2.24, 2.45) is 11.7 Å². The van der Waals surface area contributed by atoms with E-state index in [0.717, 1.165) is 26.3 Å². The van der Waals surface area contributed by atoms with Gasteiger partial charge in [-0.25, -0.2) is 0 Å². The minimum absolute atomic E-state index is 0.196. The molecule has 2 saturated heterocycles. The maximum Gasteiger partial charge on any atom is 0.0506 e. The first-order valence-corrected chi connectivity index (χ1v) is 8.80. The molecule has 2 aliphatic heterocycles. The molecule has 2 atom stereocenters. The molecule has 4 heteroatoms. The number of hydrogen-bond donors (Lipinski definition) is 1. The first kappa shape index (κ1) is 17.2. The van der Waals surface area contributed by atoms with Gasteiger partial charge in [0.1, 0.15) is 0 Å². The van der Waals surface area contributed by atoms with Gasteiger partial charge in [-0.05, 0) is 65.5 Å². The number of hydrogen-bond acceptors (Lipinski definition) is 4. The third kappa shape index (κ3) is 4.41. The fourth-order valence-corrected chi connectivity index (χ4v) is 3.99. The van der Waals surface area contributed by atoms with Crippen LogP contribution in [0.5, 0.6) is 0 Å². The summed E-state index contributed by atoms with van der Waals surface area (Å²) in [4.78, 5) is 5.17. The van der Waals surface area contributed by atoms with E-state index in [1.54, 1.807) is 0 Å². The van der Waals surface area contributed by atoms with E-state index in [1.165, 1.54) is 45.2 Å². The zero-order valence-electron chi connectivity index (χ0n) is 14.3. The third-order valence-electron chi connectivity index (χ3n) is 5.66. The van der Waals surface area contributed by atoms with Gasteiger partial charge in [0.25, 0.3) is 0 Å². The highest BCUT2D eigenvalue weighted by molar-refractivity contribution is 4.94. The first-order valence-electron chi connectivity index (χ1n) is 8.80. The average Bonchev–Trinajstić information content (AvgIpc) is 2.71. The van der Waals surface area contributed by atoms with Crippen LogP contribution in [0.25, 0.3) is 0 Å². The molecule has 21 heavy (non-hydrogen) atoms. The Bertz CT molecular complexity index is 304. The molecule has 0 aromatic heterocycles. The summed E-state index contributed by atoms with van der Waals surface area (Å²) >= 11 is 0. The number of nitrogens with two attached hydrogens (primary N) is 1. The summed E-state index contributed by atoms with van der Waals surface area (Å²) in [6, 6.07) is 0.649. The van der Waals surface area contributed by atoms with Crippen LogP contribution in [0.4, 0.5) is 0 Å². The highest BCUT2D eigenvalue weighted by atomic mass is 16.5. The van der Waals surface area contributed by atoms with Gasteiger partial charge in [-0.3, -0.25) is 4.90 Å². The van der Waals surface area contributed by atoms with Crippen molar-refractivity contribution in [1.82, 2.24) is 9.80 Å². The van der Waals surface area contributed by atoms with Gasteiger partial charge in [-0.2, -0.15) is 0 Å². The van der Waals surface area contributed by atoms with Crippen molar-refractivity contribution in [3.05, 3.63) is 0 Å². The number of ether oxygens (including phenoxy) is 1. The molecule has 124 valence electrons. The van der Waals surface area contributed by atoms with Gasteiger partial charge < -0.3 is 15.4 Å². The molecule has 0 spiro atoms. The second-order valence-corrected chi connectivity index (χ2v) is 7.38. The molecular weight excluding hydrogens is 262 g/mol. The molecule has 2 rings (SSSR count). The van der Waals surface area contributed by atoms with Gasteiger partial charge >= 0.3 is 0 Å². The summed E-state index contributed by atoms with van der Waals surface area (Å²) in [6.07, 6.45) is 6.22. The Morgan fingerprint density at radius 2 is 2.10 bits per heavy atom. The van der Waals surface area contributed by atoms with E-state index in [4.69, 9.17) is 10.5 Å². The Hall–Kier alpha value is -0.160. The summed E-state index contributed by atoms with van der Waals surface area (Å²) < 4.78 is 5.64. The summed E-state index contributed by atoms with van der Waals surface area (Å²) in [5.74, 6) is 0.691. The molecule has 2 aliphatic rings. The second kappa shape index (κ2) is 7.91. The lowest BCUT2D eigenvalue weighted by atomic mass is 9.87. The van der Waals surface area contributed by atoms with Crippen LogP contribution in [-0.2, 0) is 4.74 Å². The Morgan fingerprint density at radius 1 is 1.29 bits per heavy atom. The SMILES string of the molecule is CC(C)N1CCCC(CN)(N(C)CC2CCCOC2)CC1. The first-order chi connectivity index (χ1) is 10.1. The van der Waals surface area contributed by atoms with Crippen molar-refractivity contribution in [2.45, 2.75) is 57.5 Å². The molecule has 2 heterocycles. The Morgan fingerprint density at radius 3 is 2.71 bits per heavy atom. The smallest absolute Gasteiger partial charge is 0.0506 e.